The number of amidine groups is 1. The minimum Gasteiger partial charge on any atom is -0.508 e. The summed E-state index contributed by atoms with van der Waals surface area (Å²) >= 11 is 0. The van der Waals surface area contributed by atoms with Gasteiger partial charge in [-0.05, 0) is 29.5 Å². The first kappa shape index (κ1) is 15.9. The molecule has 4 nitrogen and oxygen atoms in total. The van der Waals surface area contributed by atoms with E-state index >= 15 is 0 Å². The fraction of sp³-hybridized carbons (Fsp3) is 0.150. The molecule has 0 aromatic heterocycles. The standard InChI is InChI=1S/C20H20N2O2/c1-3-13-11-16(19(24)12-18(13)23)20(21)22(2)17-10-6-8-14-7-4-5-9-15(14)17/h4-12,21,23-24H,3H2,1-2H3. The van der Waals surface area contributed by atoms with Crippen LogP contribution in [0.5, 0.6) is 11.5 Å². The molecule has 122 valence electrons. The number of benzene rings is 3. The minimum atomic E-state index is -0.0956. The highest BCUT2D eigenvalue weighted by molar-refractivity contribution is 6.13. The van der Waals surface area contributed by atoms with Crippen LogP contribution in [-0.4, -0.2) is 23.1 Å². The van der Waals surface area contributed by atoms with Crippen molar-refractivity contribution < 1.29 is 10.2 Å². The summed E-state index contributed by atoms with van der Waals surface area (Å²) in [6.07, 6.45) is 0.629. The summed E-state index contributed by atoms with van der Waals surface area (Å²) in [6.45, 7) is 1.92. The molecule has 0 heterocycles. The van der Waals surface area contributed by atoms with Gasteiger partial charge in [-0.2, -0.15) is 0 Å². The van der Waals surface area contributed by atoms with Crippen LogP contribution >= 0.6 is 0 Å². The lowest BCUT2D eigenvalue weighted by Crippen LogP contribution is -2.26. The van der Waals surface area contributed by atoms with Gasteiger partial charge < -0.3 is 15.1 Å². The third kappa shape index (κ3) is 2.67. The van der Waals surface area contributed by atoms with Crippen LogP contribution in [0.1, 0.15) is 18.1 Å². The van der Waals surface area contributed by atoms with Crippen LogP contribution < -0.4 is 4.90 Å². The second-order valence-electron chi connectivity index (χ2n) is 5.76. The number of phenols is 2. The summed E-state index contributed by atoms with van der Waals surface area (Å²) in [4.78, 5) is 1.74. The lowest BCUT2D eigenvalue weighted by Gasteiger charge is -2.23. The van der Waals surface area contributed by atoms with Gasteiger partial charge in [-0.3, -0.25) is 5.41 Å². The average Bonchev–Trinajstić information content (AvgIpc) is 2.60. The van der Waals surface area contributed by atoms with Crippen LogP contribution in [0, 0.1) is 5.41 Å². The summed E-state index contributed by atoms with van der Waals surface area (Å²) < 4.78 is 0. The number of aromatic hydroxyl groups is 2. The van der Waals surface area contributed by atoms with Gasteiger partial charge in [0.15, 0.2) is 0 Å². The van der Waals surface area contributed by atoms with Crippen molar-refractivity contribution >= 4 is 22.3 Å². The molecule has 3 aromatic rings. The van der Waals surface area contributed by atoms with Gasteiger partial charge in [0, 0.05) is 24.2 Å². The van der Waals surface area contributed by atoms with Crippen molar-refractivity contribution in [3.05, 3.63) is 65.7 Å². The maximum Gasteiger partial charge on any atom is 0.136 e. The van der Waals surface area contributed by atoms with Gasteiger partial charge in [-0.1, -0.05) is 43.3 Å². The van der Waals surface area contributed by atoms with Crippen molar-refractivity contribution in [1.82, 2.24) is 0 Å². The van der Waals surface area contributed by atoms with Crippen molar-refractivity contribution in [1.29, 1.82) is 5.41 Å². The molecule has 24 heavy (non-hydrogen) atoms. The molecule has 0 saturated heterocycles. The van der Waals surface area contributed by atoms with E-state index in [1.165, 1.54) is 6.07 Å². The zero-order valence-corrected chi connectivity index (χ0v) is 13.7. The highest BCUT2D eigenvalue weighted by Crippen LogP contribution is 2.31. The molecule has 0 amide bonds. The van der Waals surface area contributed by atoms with Crippen LogP contribution in [0.25, 0.3) is 10.8 Å². The van der Waals surface area contributed by atoms with E-state index in [-0.39, 0.29) is 17.3 Å². The lowest BCUT2D eigenvalue weighted by atomic mass is 10.0. The highest BCUT2D eigenvalue weighted by Gasteiger charge is 2.17. The average molecular weight is 320 g/mol. The zero-order chi connectivity index (χ0) is 17.3. The van der Waals surface area contributed by atoms with Crippen molar-refractivity contribution in [2.75, 3.05) is 11.9 Å². The molecule has 0 aliphatic heterocycles. The summed E-state index contributed by atoms with van der Waals surface area (Å²) in [5.74, 6) is 0.139. The number of rotatable bonds is 3. The van der Waals surface area contributed by atoms with Gasteiger partial charge in [0.1, 0.15) is 17.3 Å². The van der Waals surface area contributed by atoms with E-state index in [4.69, 9.17) is 5.41 Å². The van der Waals surface area contributed by atoms with Gasteiger partial charge >= 0.3 is 0 Å². The molecule has 0 atom stereocenters. The topological polar surface area (TPSA) is 67.6 Å². The largest absolute Gasteiger partial charge is 0.508 e. The van der Waals surface area contributed by atoms with Crippen molar-refractivity contribution in [2.24, 2.45) is 0 Å². The normalized spacial score (nSPS) is 10.8. The van der Waals surface area contributed by atoms with E-state index in [0.29, 0.717) is 17.5 Å². The Morgan fingerprint density at radius 2 is 1.71 bits per heavy atom. The monoisotopic (exact) mass is 320 g/mol. The maximum absolute atomic E-state index is 10.2. The smallest absolute Gasteiger partial charge is 0.136 e. The van der Waals surface area contributed by atoms with E-state index in [1.54, 1.807) is 11.0 Å². The Morgan fingerprint density at radius 3 is 2.46 bits per heavy atom. The Balaban J connectivity index is 2.07. The number of aryl methyl sites for hydroxylation is 1. The summed E-state index contributed by atoms with van der Waals surface area (Å²) in [5, 5.41) is 30.7. The first-order valence-corrected chi connectivity index (χ1v) is 7.88. The fourth-order valence-corrected chi connectivity index (χ4v) is 2.90. The minimum absolute atomic E-state index is 0.0550. The SMILES string of the molecule is CCc1cc(C(=N)N(C)c2cccc3ccccc23)c(O)cc1O. The Morgan fingerprint density at radius 1 is 1.00 bits per heavy atom. The van der Waals surface area contributed by atoms with E-state index in [1.807, 2.05) is 56.4 Å². The molecule has 0 aliphatic carbocycles. The molecular weight excluding hydrogens is 300 g/mol. The number of phenolic OH excluding ortho intramolecular Hbond substituents is 2. The van der Waals surface area contributed by atoms with E-state index < -0.39 is 0 Å². The van der Waals surface area contributed by atoms with E-state index in [0.717, 1.165) is 16.5 Å². The van der Waals surface area contributed by atoms with Crippen LogP contribution in [0.3, 0.4) is 0 Å². The van der Waals surface area contributed by atoms with Crippen molar-refractivity contribution in [3.8, 4) is 11.5 Å². The predicted molar refractivity (Wildman–Crippen MR) is 98.3 cm³/mol. The molecule has 3 aromatic carbocycles. The van der Waals surface area contributed by atoms with Crippen LogP contribution in [0.4, 0.5) is 5.69 Å². The quantitative estimate of drug-likeness (QED) is 0.498. The van der Waals surface area contributed by atoms with Crippen LogP contribution in [-0.2, 0) is 6.42 Å². The number of anilines is 1. The Labute approximate surface area is 141 Å². The first-order chi connectivity index (χ1) is 11.5. The van der Waals surface area contributed by atoms with Gasteiger partial charge in [0.2, 0.25) is 0 Å². The van der Waals surface area contributed by atoms with Crippen molar-refractivity contribution in [2.45, 2.75) is 13.3 Å². The molecular formula is C20H20N2O2. The molecule has 0 radical (unpaired) electrons. The Bertz CT molecular complexity index is 913. The highest BCUT2D eigenvalue weighted by atomic mass is 16.3. The molecule has 0 bridgehead atoms. The maximum atomic E-state index is 10.2. The van der Waals surface area contributed by atoms with Crippen LogP contribution in [0.2, 0.25) is 0 Å². The number of hydrogen-bond donors (Lipinski definition) is 3. The Hall–Kier alpha value is -3.01. The van der Waals surface area contributed by atoms with E-state index in [2.05, 4.69) is 0 Å². The lowest BCUT2D eigenvalue weighted by molar-refractivity contribution is 0.445. The second kappa shape index (κ2) is 6.24. The number of hydrogen-bond acceptors (Lipinski definition) is 3. The van der Waals surface area contributed by atoms with Gasteiger partial charge in [0.05, 0.1) is 5.56 Å². The Kier molecular flexibility index (Phi) is 4.13. The third-order valence-corrected chi connectivity index (χ3v) is 4.30. The number of nitrogens with one attached hydrogen (secondary N) is 1. The van der Waals surface area contributed by atoms with Crippen molar-refractivity contribution in [3.63, 3.8) is 0 Å². The molecule has 0 aliphatic rings. The van der Waals surface area contributed by atoms with Gasteiger partial charge in [0.25, 0.3) is 0 Å². The number of nitrogens with zero attached hydrogens (tertiary/aromatic N) is 1. The van der Waals surface area contributed by atoms with Gasteiger partial charge in [-0.25, -0.2) is 0 Å². The molecule has 0 spiro atoms. The molecule has 0 unspecified atom stereocenters. The zero-order valence-electron chi connectivity index (χ0n) is 13.7. The number of fused-ring (bicyclic) bond motifs is 1. The second-order valence-corrected chi connectivity index (χ2v) is 5.76. The van der Waals surface area contributed by atoms with Crippen LogP contribution in [0.15, 0.2) is 54.6 Å². The van der Waals surface area contributed by atoms with Gasteiger partial charge in [-0.15, -0.1) is 0 Å². The molecule has 3 N–H and O–H groups in total. The summed E-state index contributed by atoms with van der Waals surface area (Å²) in [5.41, 5.74) is 2.00. The first-order valence-electron chi connectivity index (χ1n) is 7.88. The molecule has 3 rings (SSSR count). The molecule has 0 fully saturated rings. The van der Waals surface area contributed by atoms with E-state index in [9.17, 15) is 10.2 Å². The fourth-order valence-electron chi connectivity index (χ4n) is 2.90. The third-order valence-electron chi connectivity index (χ3n) is 4.30. The summed E-state index contributed by atoms with van der Waals surface area (Å²) in [7, 11) is 1.81. The summed E-state index contributed by atoms with van der Waals surface area (Å²) in [6, 6.07) is 16.9. The molecule has 0 saturated carbocycles. The predicted octanol–water partition coefficient (Wildman–Crippen LogP) is 4.28. The molecule has 4 heteroatoms.